The van der Waals surface area contributed by atoms with Gasteiger partial charge >= 0.3 is 0 Å². The van der Waals surface area contributed by atoms with E-state index in [2.05, 4.69) is 4.98 Å². The third-order valence-corrected chi connectivity index (χ3v) is 2.81. The van der Waals surface area contributed by atoms with E-state index in [1.165, 1.54) is 0 Å². The number of anilines is 1. The van der Waals surface area contributed by atoms with Gasteiger partial charge in [-0.25, -0.2) is 4.98 Å². The predicted molar refractivity (Wildman–Crippen MR) is 67.6 cm³/mol. The number of carbonyl (C=O) groups excluding carboxylic acids is 1. The quantitative estimate of drug-likeness (QED) is 0.793. The first-order chi connectivity index (χ1) is 8.00. The summed E-state index contributed by atoms with van der Waals surface area (Å²) in [5.41, 5.74) is 8.10. The van der Waals surface area contributed by atoms with Gasteiger partial charge in [-0.05, 0) is 25.1 Å². The molecule has 0 radical (unpaired) electrons. The van der Waals surface area contributed by atoms with Gasteiger partial charge in [0.2, 0.25) is 5.91 Å². The minimum Gasteiger partial charge on any atom is -0.399 e. The second-order valence-corrected chi connectivity index (χ2v) is 4.31. The van der Waals surface area contributed by atoms with Crippen LogP contribution < -0.4 is 5.73 Å². The van der Waals surface area contributed by atoms with E-state index in [4.69, 9.17) is 5.73 Å². The third kappa shape index (κ3) is 1.95. The third-order valence-electron chi connectivity index (χ3n) is 2.81. The van der Waals surface area contributed by atoms with Gasteiger partial charge in [0.15, 0.2) is 0 Å². The fourth-order valence-corrected chi connectivity index (χ4v) is 1.85. The number of benzene rings is 1. The van der Waals surface area contributed by atoms with Gasteiger partial charge < -0.3 is 15.2 Å². The zero-order chi connectivity index (χ0) is 12.6. The van der Waals surface area contributed by atoms with E-state index in [0.29, 0.717) is 5.69 Å². The number of likely N-dealkylation sites (N-methyl/N-ethyl adjacent to an activating group) is 1. The van der Waals surface area contributed by atoms with Gasteiger partial charge in [-0.15, -0.1) is 0 Å². The molecule has 2 rings (SSSR count). The molecule has 2 N–H and O–H groups in total. The summed E-state index contributed by atoms with van der Waals surface area (Å²) in [6, 6.07) is 5.24. The number of carbonyl (C=O) groups is 1. The average Bonchev–Trinajstić information content (AvgIpc) is 2.69. The van der Waals surface area contributed by atoms with Crippen LogP contribution in [0, 0.1) is 0 Å². The Balaban J connectivity index is 2.46. The molecule has 0 aliphatic rings. The van der Waals surface area contributed by atoms with Gasteiger partial charge in [-0.3, -0.25) is 4.79 Å². The molecule has 1 atom stereocenters. The number of nitrogen functional groups attached to an aromatic ring is 1. The molecule has 0 bridgehead atoms. The number of rotatable bonds is 2. The van der Waals surface area contributed by atoms with Crippen LogP contribution in [0.25, 0.3) is 11.0 Å². The average molecular weight is 232 g/mol. The summed E-state index contributed by atoms with van der Waals surface area (Å²) in [5, 5.41) is 0. The zero-order valence-corrected chi connectivity index (χ0v) is 10.2. The maximum absolute atomic E-state index is 11.9. The van der Waals surface area contributed by atoms with E-state index in [-0.39, 0.29) is 11.9 Å². The monoisotopic (exact) mass is 232 g/mol. The maximum Gasteiger partial charge on any atom is 0.244 e. The van der Waals surface area contributed by atoms with E-state index >= 15 is 0 Å². The van der Waals surface area contributed by atoms with Crippen molar-refractivity contribution in [3.63, 3.8) is 0 Å². The molecule has 2 aromatic rings. The van der Waals surface area contributed by atoms with Crippen LogP contribution in [0.1, 0.15) is 13.0 Å². The van der Waals surface area contributed by atoms with Gasteiger partial charge in [0, 0.05) is 19.8 Å². The smallest absolute Gasteiger partial charge is 0.244 e. The second kappa shape index (κ2) is 4.08. The summed E-state index contributed by atoms with van der Waals surface area (Å²) < 4.78 is 1.86. The highest BCUT2D eigenvalue weighted by Gasteiger charge is 2.18. The molecule has 0 fully saturated rings. The Morgan fingerprint density at radius 2 is 2.18 bits per heavy atom. The van der Waals surface area contributed by atoms with Crippen LogP contribution in [-0.4, -0.2) is 34.5 Å². The van der Waals surface area contributed by atoms with Crippen LogP contribution >= 0.6 is 0 Å². The number of nitrogens with zero attached hydrogens (tertiary/aromatic N) is 3. The van der Waals surface area contributed by atoms with Crippen LogP contribution in [0.3, 0.4) is 0 Å². The van der Waals surface area contributed by atoms with Crippen molar-refractivity contribution in [2.75, 3.05) is 19.8 Å². The molecule has 0 saturated heterocycles. The lowest BCUT2D eigenvalue weighted by molar-refractivity contribution is -0.131. The van der Waals surface area contributed by atoms with Crippen molar-refractivity contribution in [1.82, 2.24) is 14.5 Å². The summed E-state index contributed by atoms with van der Waals surface area (Å²) in [6.45, 7) is 1.86. The number of nitrogens with two attached hydrogens (primary N) is 1. The number of hydrogen-bond donors (Lipinski definition) is 1. The molecule has 5 heteroatoms. The first-order valence-corrected chi connectivity index (χ1v) is 5.44. The van der Waals surface area contributed by atoms with Crippen LogP contribution in [0.15, 0.2) is 24.5 Å². The standard InChI is InChI=1S/C12H16N4O/c1-8(12(17)15(2)3)16-7-14-10-6-9(13)4-5-11(10)16/h4-8H,13H2,1-3H3. The van der Waals surface area contributed by atoms with E-state index in [1.54, 1.807) is 31.4 Å². The van der Waals surface area contributed by atoms with E-state index in [0.717, 1.165) is 11.0 Å². The largest absolute Gasteiger partial charge is 0.399 e. The molecular formula is C12H16N4O. The Morgan fingerprint density at radius 1 is 1.47 bits per heavy atom. The van der Waals surface area contributed by atoms with E-state index in [1.807, 2.05) is 23.6 Å². The highest BCUT2D eigenvalue weighted by Crippen LogP contribution is 2.20. The topological polar surface area (TPSA) is 64.2 Å². The van der Waals surface area contributed by atoms with Crippen molar-refractivity contribution in [2.45, 2.75) is 13.0 Å². The Bertz CT molecular complexity index is 559. The molecule has 1 heterocycles. The Morgan fingerprint density at radius 3 is 2.82 bits per heavy atom. The molecule has 1 aromatic heterocycles. The van der Waals surface area contributed by atoms with Crippen molar-refractivity contribution in [2.24, 2.45) is 0 Å². The number of hydrogen-bond acceptors (Lipinski definition) is 3. The van der Waals surface area contributed by atoms with Crippen molar-refractivity contribution in [3.8, 4) is 0 Å². The zero-order valence-electron chi connectivity index (χ0n) is 10.2. The van der Waals surface area contributed by atoms with Gasteiger partial charge in [0.25, 0.3) is 0 Å². The Kier molecular flexibility index (Phi) is 2.75. The summed E-state index contributed by atoms with van der Waals surface area (Å²) >= 11 is 0. The fraction of sp³-hybridized carbons (Fsp3) is 0.333. The first kappa shape index (κ1) is 11.4. The Hall–Kier alpha value is -2.04. The molecule has 0 saturated carbocycles. The second-order valence-electron chi connectivity index (χ2n) is 4.31. The summed E-state index contributed by atoms with van der Waals surface area (Å²) in [6.07, 6.45) is 1.68. The summed E-state index contributed by atoms with van der Waals surface area (Å²) in [7, 11) is 3.49. The van der Waals surface area contributed by atoms with Crippen LogP contribution in [0.5, 0.6) is 0 Å². The molecule has 1 amide bonds. The van der Waals surface area contributed by atoms with E-state index in [9.17, 15) is 4.79 Å². The molecule has 0 aliphatic heterocycles. The summed E-state index contributed by atoms with van der Waals surface area (Å²) in [5.74, 6) is 0.0427. The minimum atomic E-state index is -0.265. The van der Waals surface area contributed by atoms with Gasteiger partial charge in [-0.2, -0.15) is 0 Å². The highest BCUT2D eigenvalue weighted by molar-refractivity contribution is 5.84. The molecule has 1 unspecified atom stereocenters. The normalized spacial score (nSPS) is 12.6. The van der Waals surface area contributed by atoms with Crippen molar-refractivity contribution >= 4 is 22.6 Å². The molecule has 0 spiro atoms. The number of fused-ring (bicyclic) bond motifs is 1. The van der Waals surface area contributed by atoms with Gasteiger partial charge in [0.05, 0.1) is 17.4 Å². The number of amides is 1. The molecule has 0 aliphatic carbocycles. The Labute approximate surface area is 99.8 Å². The first-order valence-electron chi connectivity index (χ1n) is 5.44. The lowest BCUT2D eigenvalue weighted by atomic mass is 10.2. The van der Waals surface area contributed by atoms with Crippen molar-refractivity contribution in [3.05, 3.63) is 24.5 Å². The van der Waals surface area contributed by atoms with Gasteiger partial charge in [-0.1, -0.05) is 0 Å². The van der Waals surface area contributed by atoms with Crippen LogP contribution in [-0.2, 0) is 4.79 Å². The molecule has 5 nitrogen and oxygen atoms in total. The number of aromatic nitrogens is 2. The number of imidazole rings is 1. The minimum absolute atomic E-state index is 0.0427. The molecular weight excluding hydrogens is 216 g/mol. The van der Waals surface area contributed by atoms with Crippen molar-refractivity contribution in [1.29, 1.82) is 0 Å². The van der Waals surface area contributed by atoms with E-state index < -0.39 is 0 Å². The predicted octanol–water partition coefficient (Wildman–Crippen LogP) is 1.27. The molecule has 90 valence electrons. The summed E-state index contributed by atoms with van der Waals surface area (Å²) in [4.78, 5) is 17.7. The van der Waals surface area contributed by atoms with Gasteiger partial charge in [0.1, 0.15) is 6.04 Å². The highest BCUT2D eigenvalue weighted by atomic mass is 16.2. The maximum atomic E-state index is 11.9. The van der Waals surface area contributed by atoms with Crippen molar-refractivity contribution < 1.29 is 4.79 Å². The van der Waals surface area contributed by atoms with Crippen LogP contribution in [0.2, 0.25) is 0 Å². The van der Waals surface area contributed by atoms with Crippen LogP contribution in [0.4, 0.5) is 5.69 Å². The fourth-order valence-electron chi connectivity index (χ4n) is 1.85. The lowest BCUT2D eigenvalue weighted by Gasteiger charge is -2.18. The SMILES string of the molecule is CC(C(=O)N(C)C)n1cnc2cc(N)ccc21. The molecule has 17 heavy (non-hydrogen) atoms. The molecule has 1 aromatic carbocycles. The lowest BCUT2D eigenvalue weighted by Crippen LogP contribution is -2.29.